The summed E-state index contributed by atoms with van der Waals surface area (Å²) in [5.74, 6) is 1.06. The molecule has 6 heteroatoms. The van der Waals surface area contributed by atoms with Crippen LogP contribution in [0.2, 0.25) is 5.02 Å². The van der Waals surface area contributed by atoms with Crippen molar-refractivity contribution in [1.29, 1.82) is 0 Å². The number of halogens is 1. The maximum absolute atomic E-state index is 10.6. The van der Waals surface area contributed by atoms with Crippen molar-refractivity contribution in [2.75, 3.05) is 13.3 Å². The van der Waals surface area contributed by atoms with Gasteiger partial charge >= 0.3 is 0 Å². The Bertz CT molecular complexity index is 465. The van der Waals surface area contributed by atoms with E-state index in [2.05, 4.69) is 5.32 Å². The van der Waals surface area contributed by atoms with E-state index in [0.29, 0.717) is 29.5 Å². The fourth-order valence-corrected chi connectivity index (χ4v) is 2.19. The zero-order chi connectivity index (χ0) is 13.7. The zero-order valence-electron chi connectivity index (χ0n) is 10.6. The Hall–Kier alpha value is -1.46. The Morgan fingerprint density at radius 2 is 2.21 bits per heavy atom. The van der Waals surface area contributed by atoms with Crippen LogP contribution in [-0.4, -0.2) is 19.2 Å². The lowest BCUT2D eigenvalue weighted by Crippen LogP contribution is -2.16. The predicted molar refractivity (Wildman–Crippen MR) is 72.3 cm³/mol. The van der Waals surface area contributed by atoms with E-state index in [4.69, 9.17) is 26.8 Å². The largest absolute Gasteiger partial charge is 0.454 e. The average Bonchev–Trinajstić information content (AvgIpc) is 2.82. The van der Waals surface area contributed by atoms with Gasteiger partial charge in [-0.15, -0.1) is 0 Å². The second kappa shape index (κ2) is 6.63. The van der Waals surface area contributed by atoms with Gasteiger partial charge in [-0.1, -0.05) is 11.6 Å². The number of fused-ring (bicyclic) bond motifs is 1. The molecule has 0 radical (unpaired) electrons. The molecule has 2 rings (SSSR count). The molecular formula is C13H17ClN2O3. The van der Waals surface area contributed by atoms with Crippen molar-refractivity contribution in [3.05, 3.63) is 22.7 Å². The molecule has 1 aliphatic heterocycles. The fourth-order valence-electron chi connectivity index (χ4n) is 1.90. The number of nitrogens with one attached hydrogen (secondary N) is 1. The van der Waals surface area contributed by atoms with Gasteiger partial charge in [-0.05, 0) is 37.1 Å². The van der Waals surface area contributed by atoms with E-state index >= 15 is 0 Å². The predicted octanol–water partition coefficient (Wildman–Crippen LogP) is 1.81. The second-order valence-corrected chi connectivity index (χ2v) is 4.82. The minimum atomic E-state index is -0.248. The maximum Gasteiger partial charge on any atom is 0.231 e. The molecule has 5 nitrogen and oxygen atoms in total. The lowest BCUT2D eigenvalue weighted by molar-refractivity contribution is -0.118. The highest BCUT2D eigenvalue weighted by Crippen LogP contribution is 2.39. The van der Waals surface area contributed by atoms with E-state index < -0.39 is 0 Å². The van der Waals surface area contributed by atoms with E-state index in [9.17, 15) is 4.79 Å². The number of ether oxygens (including phenoxy) is 2. The van der Waals surface area contributed by atoms with Gasteiger partial charge in [0.05, 0.1) is 5.02 Å². The summed E-state index contributed by atoms with van der Waals surface area (Å²) in [5.41, 5.74) is 6.11. The summed E-state index contributed by atoms with van der Waals surface area (Å²) < 4.78 is 10.6. The van der Waals surface area contributed by atoms with Gasteiger partial charge in [-0.3, -0.25) is 4.79 Å². The van der Waals surface area contributed by atoms with E-state index in [1.54, 1.807) is 0 Å². The molecule has 104 valence electrons. The molecule has 1 aromatic rings. The number of hydrogen-bond donors (Lipinski definition) is 2. The van der Waals surface area contributed by atoms with Gasteiger partial charge in [0.15, 0.2) is 11.5 Å². The number of carbonyl (C=O) groups excluding carboxylic acids is 1. The molecule has 0 saturated carbocycles. The van der Waals surface area contributed by atoms with Crippen molar-refractivity contribution in [1.82, 2.24) is 5.32 Å². The Morgan fingerprint density at radius 1 is 1.37 bits per heavy atom. The van der Waals surface area contributed by atoms with E-state index in [1.807, 2.05) is 12.1 Å². The molecule has 0 spiro atoms. The number of primary amides is 1. The summed E-state index contributed by atoms with van der Waals surface area (Å²) >= 11 is 6.09. The van der Waals surface area contributed by atoms with Gasteiger partial charge < -0.3 is 20.5 Å². The average molecular weight is 285 g/mol. The monoisotopic (exact) mass is 284 g/mol. The molecule has 0 unspecified atom stereocenters. The summed E-state index contributed by atoms with van der Waals surface area (Å²) in [6.07, 6.45) is 2.17. The molecule has 3 N–H and O–H groups in total. The summed E-state index contributed by atoms with van der Waals surface area (Å²) in [5, 5.41) is 3.86. The first-order chi connectivity index (χ1) is 9.16. The molecule has 1 amide bonds. The normalized spacial score (nSPS) is 12.7. The van der Waals surface area contributed by atoms with Crippen molar-refractivity contribution in [3.8, 4) is 11.5 Å². The van der Waals surface area contributed by atoms with Gasteiger partial charge in [0, 0.05) is 13.0 Å². The molecule has 1 heterocycles. The molecule has 0 bridgehead atoms. The Balaban J connectivity index is 1.74. The smallest absolute Gasteiger partial charge is 0.231 e. The van der Waals surface area contributed by atoms with Gasteiger partial charge in [0.25, 0.3) is 0 Å². The van der Waals surface area contributed by atoms with Gasteiger partial charge in [0.1, 0.15) is 0 Å². The van der Waals surface area contributed by atoms with Crippen LogP contribution in [0.1, 0.15) is 24.8 Å². The third-order valence-electron chi connectivity index (χ3n) is 2.84. The molecule has 0 aliphatic carbocycles. The Labute approximate surface area is 117 Å². The highest BCUT2D eigenvalue weighted by atomic mass is 35.5. The van der Waals surface area contributed by atoms with Crippen molar-refractivity contribution in [2.24, 2.45) is 5.73 Å². The van der Waals surface area contributed by atoms with Crippen molar-refractivity contribution in [2.45, 2.75) is 25.8 Å². The number of nitrogens with two attached hydrogens (primary N) is 1. The minimum Gasteiger partial charge on any atom is -0.454 e. The van der Waals surface area contributed by atoms with Crippen molar-refractivity contribution >= 4 is 17.5 Å². The first-order valence-electron chi connectivity index (χ1n) is 6.24. The molecular weight excluding hydrogens is 268 g/mol. The lowest BCUT2D eigenvalue weighted by atomic mass is 10.2. The number of hydrogen-bond acceptors (Lipinski definition) is 4. The van der Waals surface area contributed by atoms with Crippen LogP contribution in [0.4, 0.5) is 0 Å². The van der Waals surface area contributed by atoms with Crippen LogP contribution in [0.3, 0.4) is 0 Å². The molecule has 19 heavy (non-hydrogen) atoms. The highest BCUT2D eigenvalue weighted by molar-refractivity contribution is 6.32. The summed E-state index contributed by atoms with van der Waals surface area (Å²) in [6.45, 7) is 1.76. The maximum atomic E-state index is 10.6. The van der Waals surface area contributed by atoms with Gasteiger partial charge in [-0.25, -0.2) is 0 Å². The fraction of sp³-hybridized carbons (Fsp3) is 0.462. The number of rotatable bonds is 7. The highest BCUT2D eigenvalue weighted by Gasteiger charge is 2.17. The lowest BCUT2D eigenvalue weighted by Gasteiger charge is -2.07. The first kappa shape index (κ1) is 14.0. The number of benzene rings is 1. The first-order valence-corrected chi connectivity index (χ1v) is 6.61. The molecule has 0 atom stereocenters. The SMILES string of the molecule is NC(=O)CCCCNCc1cc(Cl)c2c(c1)OCO2. The van der Waals surface area contributed by atoms with E-state index in [-0.39, 0.29) is 12.7 Å². The van der Waals surface area contributed by atoms with Crippen LogP contribution >= 0.6 is 11.6 Å². The molecule has 1 aliphatic rings. The number of unbranched alkanes of at least 4 members (excludes halogenated alkanes) is 1. The third kappa shape index (κ3) is 4.01. The van der Waals surface area contributed by atoms with Crippen LogP contribution < -0.4 is 20.5 Å². The quantitative estimate of drug-likeness (QED) is 0.749. The van der Waals surface area contributed by atoms with E-state index in [0.717, 1.165) is 24.9 Å². The van der Waals surface area contributed by atoms with Crippen LogP contribution in [-0.2, 0) is 11.3 Å². The molecule has 1 aromatic carbocycles. The van der Waals surface area contributed by atoms with Crippen molar-refractivity contribution in [3.63, 3.8) is 0 Å². The van der Waals surface area contributed by atoms with Crippen LogP contribution in [0.5, 0.6) is 11.5 Å². The standard InChI is InChI=1S/C13H17ClN2O3/c14-10-5-9(6-11-13(10)19-8-18-11)7-16-4-2-1-3-12(15)17/h5-6,16H,1-4,7-8H2,(H2,15,17). The summed E-state index contributed by atoms with van der Waals surface area (Å²) in [4.78, 5) is 10.6. The van der Waals surface area contributed by atoms with Gasteiger partial charge in [0.2, 0.25) is 12.7 Å². The van der Waals surface area contributed by atoms with Crippen molar-refractivity contribution < 1.29 is 14.3 Å². The number of carbonyl (C=O) groups is 1. The zero-order valence-corrected chi connectivity index (χ0v) is 11.3. The Morgan fingerprint density at radius 3 is 3.00 bits per heavy atom. The second-order valence-electron chi connectivity index (χ2n) is 4.41. The number of amides is 1. The topological polar surface area (TPSA) is 73.6 Å². The molecule has 0 saturated heterocycles. The minimum absolute atomic E-state index is 0.221. The summed E-state index contributed by atoms with van der Waals surface area (Å²) in [7, 11) is 0. The van der Waals surface area contributed by atoms with Crippen LogP contribution in [0, 0.1) is 0 Å². The summed E-state index contributed by atoms with van der Waals surface area (Å²) in [6, 6.07) is 3.79. The van der Waals surface area contributed by atoms with Gasteiger partial charge in [-0.2, -0.15) is 0 Å². The third-order valence-corrected chi connectivity index (χ3v) is 3.12. The van der Waals surface area contributed by atoms with Crippen LogP contribution in [0.25, 0.3) is 0 Å². The van der Waals surface area contributed by atoms with E-state index in [1.165, 1.54) is 0 Å². The molecule has 0 aromatic heterocycles. The van der Waals surface area contributed by atoms with Crippen LogP contribution in [0.15, 0.2) is 12.1 Å². The molecule has 0 fully saturated rings. The Kier molecular flexibility index (Phi) is 4.87.